The molecule has 0 radical (unpaired) electrons. The third-order valence-corrected chi connectivity index (χ3v) is 4.30. The standard InChI is InChI=1S/C15H21ClFN3O3/c16-10-3-1-2-9(13(10)17)12-11(18)6-20-14(12)15(23)19-5-4-8(22)7-21/h1-3,8,11-12,14,20-22H,4-7,18H2,(H,19,23)/t8-,11?,12+,14+/m0/s1. The van der Waals surface area contributed by atoms with Crippen LogP contribution in [0.25, 0.3) is 0 Å². The Balaban J connectivity index is 2.09. The first-order valence-electron chi connectivity index (χ1n) is 7.45. The lowest BCUT2D eigenvalue weighted by atomic mass is 9.88. The molecule has 0 aromatic heterocycles. The maximum atomic E-state index is 14.3. The van der Waals surface area contributed by atoms with Gasteiger partial charge in [0.1, 0.15) is 5.82 Å². The summed E-state index contributed by atoms with van der Waals surface area (Å²) in [6.07, 6.45) is -0.646. The minimum absolute atomic E-state index is 0.00757. The van der Waals surface area contributed by atoms with Crippen LogP contribution >= 0.6 is 11.6 Å². The molecule has 1 aliphatic heterocycles. The summed E-state index contributed by atoms with van der Waals surface area (Å²) in [5.74, 6) is -1.42. The number of nitrogens with one attached hydrogen (secondary N) is 2. The van der Waals surface area contributed by atoms with Gasteiger partial charge in [-0.25, -0.2) is 4.39 Å². The second-order valence-corrected chi connectivity index (χ2v) is 6.04. The van der Waals surface area contributed by atoms with E-state index in [4.69, 9.17) is 22.4 Å². The smallest absolute Gasteiger partial charge is 0.237 e. The Morgan fingerprint density at radius 2 is 2.30 bits per heavy atom. The number of amides is 1. The summed E-state index contributed by atoms with van der Waals surface area (Å²) in [6, 6.07) is 3.55. The van der Waals surface area contributed by atoms with Crippen molar-refractivity contribution in [2.75, 3.05) is 19.7 Å². The average Bonchev–Trinajstić information content (AvgIpc) is 2.91. The van der Waals surface area contributed by atoms with E-state index in [9.17, 15) is 14.3 Å². The van der Waals surface area contributed by atoms with E-state index in [1.807, 2.05) is 0 Å². The molecule has 6 N–H and O–H groups in total. The maximum absolute atomic E-state index is 14.3. The summed E-state index contributed by atoms with van der Waals surface area (Å²) in [5.41, 5.74) is 6.34. The summed E-state index contributed by atoms with van der Waals surface area (Å²) in [6.45, 7) is 0.228. The Labute approximate surface area is 138 Å². The minimum Gasteiger partial charge on any atom is -0.394 e. The lowest BCUT2D eigenvalue weighted by Gasteiger charge is -2.23. The van der Waals surface area contributed by atoms with Gasteiger partial charge in [0, 0.05) is 25.0 Å². The number of carbonyl (C=O) groups excluding carboxylic acids is 1. The average molecular weight is 346 g/mol. The number of aliphatic hydroxyl groups excluding tert-OH is 2. The number of carbonyl (C=O) groups is 1. The number of nitrogens with two attached hydrogens (primary N) is 1. The van der Waals surface area contributed by atoms with Gasteiger partial charge >= 0.3 is 0 Å². The van der Waals surface area contributed by atoms with Gasteiger partial charge in [0.05, 0.1) is 23.8 Å². The van der Waals surface area contributed by atoms with Gasteiger partial charge in [0.2, 0.25) is 5.91 Å². The van der Waals surface area contributed by atoms with Crippen molar-refractivity contribution in [3.63, 3.8) is 0 Å². The van der Waals surface area contributed by atoms with Crippen LogP contribution < -0.4 is 16.4 Å². The van der Waals surface area contributed by atoms with E-state index >= 15 is 0 Å². The molecule has 2 rings (SSSR count). The van der Waals surface area contributed by atoms with Gasteiger partial charge in [0.25, 0.3) is 0 Å². The van der Waals surface area contributed by atoms with Gasteiger partial charge in [-0.15, -0.1) is 0 Å². The van der Waals surface area contributed by atoms with Crippen molar-refractivity contribution in [2.24, 2.45) is 5.73 Å². The maximum Gasteiger partial charge on any atom is 0.237 e. The largest absolute Gasteiger partial charge is 0.394 e. The molecule has 1 amide bonds. The van der Waals surface area contributed by atoms with E-state index in [1.165, 1.54) is 6.07 Å². The van der Waals surface area contributed by atoms with E-state index in [0.717, 1.165) is 0 Å². The van der Waals surface area contributed by atoms with Gasteiger partial charge in [-0.05, 0) is 18.1 Å². The van der Waals surface area contributed by atoms with Crippen molar-refractivity contribution >= 4 is 17.5 Å². The summed E-state index contributed by atoms with van der Waals surface area (Å²) in [7, 11) is 0. The fourth-order valence-electron chi connectivity index (χ4n) is 2.77. The summed E-state index contributed by atoms with van der Waals surface area (Å²) in [5, 5.41) is 23.7. The first kappa shape index (κ1) is 18.1. The second kappa shape index (κ2) is 8.03. The molecule has 1 unspecified atom stereocenters. The number of aliphatic hydroxyl groups is 2. The monoisotopic (exact) mass is 345 g/mol. The van der Waals surface area contributed by atoms with Gasteiger partial charge < -0.3 is 26.6 Å². The molecule has 4 atom stereocenters. The van der Waals surface area contributed by atoms with Gasteiger partial charge in [-0.3, -0.25) is 4.79 Å². The molecule has 0 saturated carbocycles. The van der Waals surface area contributed by atoms with Gasteiger partial charge in [0.15, 0.2) is 0 Å². The molecular weight excluding hydrogens is 325 g/mol. The third-order valence-electron chi connectivity index (χ3n) is 4.00. The summed E-state index contributed by atoms with van der Waals surface area (Å²) in [4.78, 5) is 12.3. The Hall–Kier alpha value is -1.25. The highest BCUT2D eigenvalue weighted by atomic mass is 35.5. The topological polar surface area (TPSA) is 108 Å². The Kier molecular flexibility index (Phi) is 6.32. The van der Waals surface area contributed by atoms with Crippen LogP contribution in [0, 0.1) is 5.82 Å². The zero-order valence-corrected chi connectivity index (χ0v) is 13.3. The highest BCUT2D eigenvalue weighted by Gasteiger charge is 2.40. The first-order valence-corrected chi connectivity index (χ1v) is 7.83. The second-order valence-electron chi connectivity index (χ2n) is 5.63. The highest BCUT2D eigenvalue weighted by Crippen LogP contribution is 2.31. The van der Waals surface area contributed by atoms with Crippen LogP contribution in [0.2, 0.25) is 5.02 Å². The minimum atomic E-state index is -0.879. The van der Waals surface area contributed by atoms with E-state index in [-0.39, 0.29) is 30.5 Å². The number of hydrogen-bond donors (Lipinski definition) is 5. The highest BCUT2D eigenvalue weighted by molar-refractivity contribution is 6.30. The lowest BCUT2D eigenvalue weighted by Crippen LogP contribution is -2.45. The summed E-state index contributed by atoms with van der Waals surface area (Å²) < 4.78 is 14.3. The first-order chi connectivity index (χ1) is 11.0. The van der Waals surface area contributed by atoms with Gasteiger partial charge in [-0.2, -0.15) is 0 Å². The molecule has 8 heteroatoms. The number of hydrogen-bond acceptors (Lipinski definition) is 5. The molecule has 0 aliphatic carbocycles. The fourth-order valence-corrected chi connectivity index (χ4v) is 2.95. The molecule has 23 heavy (non-hydrogen) atoms. The molecule has 6 nitrogen and oxygen atoms in total. The van der Waals surface area contributed by atoms with Crippen molar-refractivity contribution < 1.29 is 19.4 Å². The van der Waals surface area contributed by atoms with E-state index < -0.39 is 29.9 Å². The van der Waals surface area contributed by atoms with E-state index in [0.29, 0.717) is 12.1 Å². The molecule has 1 aromatic carbocycles. The third kappa shape index (κ3) is 4.19. The number of halogens is 2. The van der Waals surface area contributed by atoms with Crippen molar-refractivity contribution in [2.45, 2.75) is 30.5 Å². The summed E-state index contributed by atoms with van der Waals surface area (Å²) >= 11 is 5.81. The molecule has 0 bridgehead atoms. The Morgan fingerprint density at radius 1 is 1.57 bits per heavy atom. The van der Waals surface area contributed by atoms with Crippen molar-refractivity contribution in [1.82, 2.24) is 10.6 Å². The van der Waals surface area contributed by atoms with Crippen LogP contribution in [0.1, 0.15) is 17.9 Å². The SMILES string of the molecule is NC1CN[C@@H](C(=O)NCC[C@H](O)CO)[C@@H]1c1cccc(Cl)c1F. The molecule has 128 valence electrons. The molecule has 0 spiro atoms. The quantitative estimate of drug-likeness (QED) is 0.487. The van der Waals surface area contributed by atoms with E-state index in [2.05, 4.69) is 10.6 Å². The Bertz CT molecular complexity index is 561. The fraction of sp³-hybridized carbons (Fsp3) is 0.533. The molecule has 1 fully saturated rings. The normalized spacial score (nSPS) is 25.3. The predicted molar refractivity (Wildman–Crippen MR) is 84.6 cm³/mol. The van der Waals surface area contributed by atoms with Gasteiger partial charge in [-0.1, -0.05) is 23.7 Å². The van der Waals surface area contributed by atoms with Crippen molar-refractivity contribution in [3.05, 3.63) is 34.6 Å². The van der Waals surface area contributed by atoms with Crippen LogP contribution in [0.3, 0.4) is 0 Å². The van der Waals surface area contributed by atoms with Crippen LogP contribution in [0.5, 0.6) is 0 Å². The van der Waals surface area contributed by atoms with Crippen LogP contribution in [0.15, 0.2) is 18.2 Å². The predicted octanol–water partition coefficient (Wildman–Crippen LogP) is -0.279. The van der Waals surface area contributed by atoms with Crippen LogP contribution in [0.4, 0.5) is 4.39 Å². The zero-order valence-electron chi connectivity index (χ0n) is 12.5. The van der Waals surface area contributed by atoms with Crippen molar-refractivity contribution in [3.8, 4) is 0 Å². The number of benzene rings is 1. The molecule has 1 heterocycles. The van der Waals surface area contributed by atoms with Crippen LogP contribution in [-0.2, 0) is 4.79 Å². The molecule has 1 aliphatic rings. The van der Waals surface area contributed by atoms with E-state index in [1.54, 1.807) is 12.1 Å². The Morgan fingerprint density at radius 3 is 3.00 bits per heavy atom. The molecule has 1 saturated heterocycles. The molecular formula is C15H21ClFN3O3. The van der Waals surface area contributed by atoms with Crippen LogP contribution in [-0.4, -0.2) is 54.0 Å². The lowest BCUT2D eigenvalue weighted by molar-refractivity contribution is -0.123. The molecule has 1 aromatic rings. The number of rotatable bonds is 6. The van der Waals surface area contributed by atoms with Crippen molar-refractivity contribution in [1.29, 1.82) is 0 Å². The zero-order chi connectivity index (χ0) is 17.0.